The molecule has 1 amide bonds. The van der Waals surface area contributed by atoms with Gasteiger partial charge in [0.2, 0.25) is 5.91 Å². The van der Waals surface area contributed by atoms with Crippen molar-refractivity contribution in [3.63, 3.8) is 0 Å². The number of amides is 1. The van der Waals surface area contributed by atoms with Crippen LogP contribution in [0.5, 0.6) is 28.7 Å². The van der Waals surface area contributed by atoms with E-state index in [9.17, 15) is 17.4 Å². The van der Waals surface area contributed by atoms with Crippen LogP contribution in [0.15, 0.2) is 255 Å². The van der Waals surface area contributed by atoms with E-state index in [4.69, 9.17) is 122 Å². The van der Waals surface area contributed by atoms with E-state index in [1.165, 1.54) is 30.1 Å². The third kappa shape index (κ3) is 33.1. The summed E-state index contributed by atoms with van der Waals surface area (Å²) < 4.78 is 92.8. The molecule has 13 rings (SSSR count). The summed E-state index contributed by atoms with van der Waals surface area (Å²) in [4.78, 5) is 13.8. The van der Waals surface area contributed by atoms with Gasteiger partial charge in [-0.2, -0.15) is 11.8 Å². The SMILES string of the molecule is COCCOCCOc1ccc(-c2ccc(Cl)cc2)c(COC)c1.COCCOc1ccc(-c2ccc(Cl)cc2)c(COC)c1.COCc1cc(N2CCCC2=O)ccc1-c1ccc(Cl)cc1.COc1ccc(-c2ccc(Cl)cc2)c(CSC)c1.COc1ccc(-c2ccc(Cl)cc2)cc1CS(C)(=O)=O.COc1ccc(-c2ccc(Cl)cc2)cc1CS(C)=O. The van der Waals surface area contributed by atoms with Gasteiger partial charge in [0.25, 0.3) is 0 Å². The summed E-state index contributed by atoms with van der Waals surface area (Å²) in [6.45, 7) is 5.64. The van der Waals surface area contributed by atoms with Crippen molar-refractivity contribution in [1.29, 1.82) is 0 Å². The molecule has 1 aliphatic rings. The van der Waals surface area contributed by atoms with E-state index in [0.29, 0.717) is 93.0 Å². The first-order chi connectivity index (χ1) is 59.9. The van der Waals surface area contributed by atoms with Crippen LogP contribution in [0.25, 0.3) is 66.8 Å². The highest BCUT2D eigenvalue weighted by Gasteiger charge is 2.23. The molecule has 16 nitrogen and oxygen atoms in total. The molecule has 1 saturated heterocycles. The van der Waals surface area contributed by atoms with Gasteiger partial charge >= 0.3 is 0 Å². The molecule has 25 heteroatoms. The van der Waals surface area contributed by atoms with Crippen LogP contribution >= 0.6 is 81.4 Å². The molecule has 1 atom stereocenters. The minimum Gasteiger partial charge on any atom is -0.497 e. The van der Waals surface area contributed by atoms with Crippen molar-refractivity contribution < 1.29 is 69.5 Å². The second kappa shape index (κ2) is 53.5. The molecule has 0 saturated carbocycles. The monoisotopic (exact) mass is 1850 g/mol. The molecule has 656 valence electrons. The Morgan fingerprint density at radius 1 is 0.371 bits per heavy atom. The Morgan fingerprint density at radius 2 is 0.718 bits per heavy atom. The zero-order valence-electron chi connectivity index (χ0n) is 71.4. The van der Waals surface area contributed by atoms with Crippen LogP contribution in [-0.2, 0) is 90.9 Å². The molecule has 0 spiro atoms. The Hall–Kier alpha value is -8.94. The zero-order valence-corrected chi connectivity index (χ0v) is 78.4. The minimum atomic E-state index is -3.12. The standard InChI is InChI=1S/C19H23ClO4.C18H18ClNO2.C17H19ClO3.C15H15ClO3S.C15H15ClO2S.C15H15ClOS/c1-21-9-10-23-11-12-24-18-7-8-19(16(13-18)14-22-2)15-3-5-17(20)6-4-15;1-22-12-14-11-16(20-10-2-3-18(20)21)8-9-17(14)13-4-6-15(19)7-5-13;1-19-9-10-21-16-7-8-17(14(11-16)12-20-2)13-3-5-15(18)6-4-13;1-19-15-8-5-12(9-13(15)10-20(2,17)18)11-3-6-14(16)7-4-11;1-18-15-8-5-12(9-13(15)10-19(2)17)11-3-6-14(16)7-4-11;1-17-14-7-8-15(12(9-14)10-18-2)11-3-5-13(16)6-4-11/h3-8,13H,9-12,14H2,1-2H3;4-9,11H,2-3,10,12H2,1H3;3-8,11H,9-10,12H2,1-2H3;3-9H,10H2,1-2H3;3-9H,10H2,1-2H3;3-9H,10H2,1-2H3. The van der Waals surface area contributed by atoms with Crippen LogP contribution in [0.4, 0.5) is 5.69 Å². The summed E-state index contributed by atoms with van der Waals surface area (Å²) in [5.74, 6) is 5.48. The number of anilines is 1. The number of halogens is 6. The molecule has 1 fully saturated rings. The Kier molecular flexibility index (Phi) is 43.4. The first kappa shape index (κ1) is 100. The van der Waals surface area contributed by atoms with E-state index in [1.54, 1.807) is 86.0 Å². The quantitative estimate of drug-likeness (QED) is 0.0355. The van der Waals surface area contributed by atoms with Crippen LogP contribution in [0.2, 0.25) is 30.1 Å². The van der Waals surface area contributed by atoms with E-state index in [-0.39, 0.29) is 11.7 Å². The molecular formula is C99H105Cl6NO15S3. The highest BCUT2D eigenvalue weighted by atomic mass is 35.5. The smallest absolute Gasteiger partial charge is 0.227 e. The summed E-state index contributed by atoms with van der Waals surface area (Å²) in [6, 6.07) is 82.0. The Labute approximate surface area is 767 Å². The average molecular weight is 1860 g/mol. The molecular weight excluding hydrogens is 1750 g/mol. The molecule has 0 aromatic heterocycles. The maximum absolute atomic E-state index is 11.9. The van der Waals surface area contributed by atoms with E-state index in [1.807, 2.05) is 217 Å². The summed E-state index contributed by atoms with van der Waals surface area (Å²) in [5.41, 5.74) is 20.2. The summed E-state index contributed by atoms with van der Waals surface area (Å²) >= 11 is 37.3. The number of thioether (sulfide) groups is 1. The van der Waals surface area contributed by atoms with E-state index < -0.39 is 20.6 Å². The third-order valence-electron chi connectivity index (χ3n) is 18.9. The Balaban J connectivity index is 0.000000185. The van der Waals surface area contributed by atoms with Crippen molar-refractivity contribution in [3.05, 3.63) is 318 Å². The van der Waals surface area contributed by atoms with Gasteiger partial charge in [0, 0.05) is 125 Å². The molecule has 0 N–H and O–H groups in total. The number of hydrogen-bond donors (Lipinski definition) is 0. The molecule has 0 bridgehead atoms. The first-order valence-corrected chi connectivity index (χ1v) is 46.9. The van der Waals surface area contributed by atoms with Crippen molar-refractivity contribution in [2.24, 2.45) is 0 Å². The molecule has 0 aliphatic carbocycles. The number of methoxy groups -OCH3 is 8. The molecule has 12 aromatic carbocycles. The van der Waals surface area contributed by atoms with E-state index >= 15 is 0 Å². The summed E-state index contributed by atoms with van der Waals surface area (Å²) in [7, 11) is 9.19. The van der Waals surface area contributed by atoms with Crippen molar-refractivity contribution in [2.45, 2.75) is 49.9 Å². The van der Waals surface area contributed by atoms with Gasteiger partial charge in [-0.25, -0.2) is 8.42 Å². The molecule has 12 aromatic rings. The number of benzene rings is 12. The van der Waals surface area contributed by atoms with Crippen LogP contribution < -0.4 is 28.6 Å². The lowest BCUT2D eigenvalue weighted by atomic mass is 9.99. The zero-order chi connectivity index (χ0) is 89.3. The van der Waals surface area contributed by atoms with Gasteiger partial charge in [0.05, 0.1) is 79.1 Å². The molecule has 1 aliphatic heterocycles. The van der Waals surface area contributed by atoms with Gasteiger partial charge in [0.1, 0.15) is 42.0 Å². The normalized spacial score (nSPS) is 11.7. The van der Waals surface area contributed by atoms with Crippen LogP contribution in [0.3, 0.4) is 0 Å². The third-order valence-corrected chi connectivity index (χ3v) is 22.6. The predicted octanol–water partition coefficient (Wildman–Crippen LogP) is 25.0. The van der Waals surface area contributed by atoms with Crippen molar-refractivity contribution in [2.75, 3.05) is 127 Å². The number of hydrogen-bond acceptors (Lipinski definition) is 16. The molecule has 1 unspecified atom stereocenters. The van der Waals surface area contributed by atoms with Gasteiger partial charge < -0.3 is 57.0 Å². The molecule has 124 heavy (non-hydrogen) atoms. The summed E-state index contributed by atoms with van der Waals surface area (Å²) in [6.07, 6.45) is 6.57. The predicted molar refractivity (Wildman–Crippen MR) is 514 cm³/mol. The fraction of sp³-hybridized carbons (Fsp3) is 0.263. The van der Waals surface area contributed by atoms with Crippen molar-refractivity contribution in [1.82, 2.24) is 0 Å². The molecule has 0 radical (unpaired) electrons. The van der Waals surface area contributed by atoms with Crippen LogP contribution in [0, 0.1) is 0 Å². The number of carbonyl (C=O) groups excluding carboxylic acids is 1. The maximum Gasteiger partial charge on any atom is 0.227 e. The second-order valence-electron chi connectivity index (χ2n) is 28.1. The van der Waals surface area contributed by atoms with Gasteiger partial charge in [-0.3, -0.25) is 9.00 Å². The van der Waals surface area contributed by atoms with Crippen LogP contribution in [0.1, 0.15) is 46.2 Å². The number of sulfone groups is 1. The lowest BCUT2D eigenvalue weighted by Crippen LogP contribution is -2.23. The number of nitrogens with zero attached hydrogens (tertiary/aromatic N) is 1. The topological polar surface area (TPSA) is 173 Å². The lowest BCUT2D eigenvalue weighted by molar-refractivity contribution is -0.117. The maximum atomic E-state index is 11.9. The Bertz CT molecular complexity index is 5430. The first-order valence-electron chi connectivity index (χ1n) is 39.4. The van der Waals surface area contributed by atoms with E-state index in [0.717, 1.165) is 145 Å². The van der Waals surface area contributed by atoms with Crippen molar-refractivity contribution >= 4 is 114 Å². The summed E-state index contributed by atoms with van der Waals surface area (Å²) in [5, 5.41) is 4.31. The average Bonchev–Trinajstić information content (AvgIpc) is 1.34. The highest BCUT2D eigenvalue weighted by molar-refractivity contribution is 7.97. The number of rotatable bonds is 33. The molecule has 1 heterocycles. The highest BCUT2D eigenvalue weighted by Crippen LogP contribution is 2.37. The van der Waals surface area contributed by atoms with Gasteiger partial charge in [-0.15, -0.1) is 0 Å². The van der Waals surface area contributed by atoms with Gasteiger partial charge in [0.15, 0.2) is 9.84 Å². The lowest BCUT2D eigenvalue weighted by Gasteiger charge is -2.18. The van der Waals surface area contributed by atoms with Gasteiger partial charge in [-0.1, -0.05) is 179 Å². The van der Waals surface area contributed by atoms with Crippen molar-refractivity contribution in [3.8, 4) is 95.5 Å². The Morgan fingerprint density at radius 3 is 1.09 bits per heavy atom. The van der Waals surface area contributed by atoms with Crippen LogP contribution in [-0.4, -0.2) is 140 Å². The van der Waals surface area contributed by atoms with E-state index in [2.05, 4.69) is 30.5 Å². The van der Waals surface area contributed by atoms with Gasteiger partial charge in [-0.05, 0) is 247 Å². The fourth-order valence-corrected chi connectivity index (χ4v) is 15.8. The fourth-order valence-electron chi connectivity index (χ4n) is 13.1. The largest absolute Gasteiger partial charge is 0.497 e. The number of carbonyl (C=O) groups is 1. The number of ether oxygens (including phenoxy) is 11. The minimum absolute atomic E-state index is 0.0440. The second-order valence-corrected chi connectivity index (χ2v) is 35.1.